The maximum atomic E-state index is 12.2. The van der Waals surface area contributed by atoms with Crippen molar-refractivity contribution in [3.63, 3.8) is 0 Å². The lowest BCUT2D eigenvalue weighted by Gasteiger charge is -2.17. The van der Waals surface area contributed by atoms with Gasteiger partial charge in [0, 0.05) is 31.5 Å². The van der Waals surface area contributed by atoms with Gasteiger partial charge in [-0.3, -0.25) is 9.36 Å². The minimum absolute atomic E-state index is 0.0603. The maximum Gasteiger partial charge on any atom is 0.247 e. The summed E-state index contributed by atoms with van der Waals surface area (Å²) >= 11 is 0. The second kappa shape index (κ2) is 8.22. The van der Waals surface area contributed by atoms with E-state index in [1.807, 2.05) is 18.2 Å². The predicted molar refractivity (Wildman–Crippen MR) is 89.6 cm³/mol. The standard InChI is InChI=1S/C16H21N2O4P/c19-15(10-17-8-14-6-7-16(20)18-9-14)12-23(21,22)11-13-4-2-1-3-5-13/h1-7,9,15,17,19H,8,10-12H2,(H,18,20)(H,21,22)/t15-/m1/s1. The highest BCUT2D eigenvalue weighted by Gasteiger charge is 2.23. The third-order valence-corrected chi connectivity index (χ3v) is 5.18. The van der Waals surface area contributed by atoms with E-state index in [4.69, 9.17) is 0 Å². The van der Waals surface area contributed by atoms with Gasteiger partial charge in [-0.1, -0.05) is 36.4 Å². The summed E-state index contributed by atoms with van der Waals surface area (Å²) in [5, 5.41) is 12.9. The summed E-state index contributed by atoms with van der Waals surface area (Å²) in [6, 6.07) is 12.2. The Morgan fingerprint density at radius 1 is 1.13 bits per heavy atom. The molecule has 0 bridgehead atoms. The fourth-order valence-electron chi connectivity index (χ4n) is 2.26. The molecule has 124 valence electrons. The van der Waals surface area contributed by atoms with Gasteiger partial charge in [0.2, 0.25) is 12.9 Å². The fraction of sp³-hybridized carbons (Fsp3) is 0.312. The summed E-state index contributed by atoms with van der Waals surface area (Å²) in [6.45, 7) is 0.667. The zero-order valence-corrected chi connectivity index (χ0v) is 13.6. The Hall–Kier alpha value is -1.72. The number of hydrogen-bond acceptors (Lipinski definition) is 4. The number of benzene rings is 1. The molecule has 1 aromatic heterocycles. The van der Waals surface area contributed by atoms with Crippen molar-refractivity contribution in [3.05, 3.63) is 70.1 Å². The smallest absolute Gasteiger partial charge is 0.247 e. The van der Waals surface area contributed by atoms with E-state index in [-0.39, 0.29) is 24.4 Å². The number of rotatable bonds is 8. The monoisotopic (exact) mass is 336 g/mol. The van der Waals surface area contributed by atoms with Gasteiger partial charge in [0.1, 0.15) is 0 Å². The molecule has 0 fully saturated rings. The van der Waals surface area contributed by atoms with Crippen molar-refractivity contribution in [1.29, 1.82) is 0 Å². The maximum absolute atomic E-state index is 12.2. The highest BCUT2D eigenvalue weighted by Crippen LogP contribution is 2.44. The minimum Gasteiger partial charge on any atom is -0.391 e. The number of aromatic amines is 1. The van der Waals surface area contributed by atoms with Gasteiger partial charge in [0.15, 0.2) is 0 Å². The van der Waals surface area contributed by atoms with Crippen molar-refractivity contribution < 1.29 is 14.6 Å². The van der Waals surface area contributed by atoms with Crippen LogP contribution in [0.15, 0.2) is 53.5 Å². The first-order chi connectivity index (χ1) is 10.9. The van der Waals surface area contributed by atoms with Crippen LogP contribution in [0.1, 0.15) is 11.1 Å². The van der Waals surface area contributed by atoms with Gasteiger partial charge in [-0.25, -0.2) is 0 Å². The first kappa shape index (κ1) is 17.6. The zero-order valence-electron chi connectivity index (χ0n) is 12.7. The molecule has 1 heterocycles. The molecule has 0 radical (unpaired) electrons. The number of aliphatic hydroxyl groups excluding tert-OH is 1. The van der Waals surface area contributed by atoms with E-state index >= 15 is 0 Å². The van der Waals surface area contributed by atoms with E-state index < -0.39 is 13.5 Å². The first-order valence-corrected chi connectivity index (χ1v) is 9.39. The molecule has 2 rings (SSSR count). The molecule has 23 heavy (non-hydrogen) atoms. The van der Waals surface area contributed by atoms with Crippen LogP contribution < -0.4 is 10.9 Å². The Kier molecular flexibility index (Phi) is 6.30. The molecule has 0 saturated carbocycles. The zero-order chi connectivity index (χ0) is 16.7. The molecular weight excluding hydrogens is 315 g/mol. The van der Waals surface area contributed by atoms with Crippen molar-refractivity contribution in [2.45, 2.75) is 18.8 Å². The Bertz CT molecular complexity index is 697. The van der Waals surface area contributed by atoms with Crippen molar-refractivity contribution in [2.75, 3.05) is 12.7 Å². The van der Waals surface area contributed by atoms with Crippen LogP contribution in [-0.4, -0.2) is 33.8 Å². The lowest BCUT2D eigenvalue weighted by Crippen LogP contribution is -2.29. The molecular formula is C16H21N2O4P. The predicted octanol–water partition coefficient (Wildman–Crippen LogP) is 1.30. The molecule has 0 amide bonds. The molecule has 1 aromatic carbocycles. The Labute approximate surface area is 134 Å². The van der Waals surface area contributed by atoms with Crippen LogP contribution in [0, 0.1) is 0 Å². The number of nitrogens with one attached hydrogen (secondary N) is 2. The molecule has 0 saturated heterocycles. The lowest BCUT2D eigenvalue weighted by molar-refractivity contribution is 0.190. The molecule has 6 nitrogen and oxygen atoms in total. The number of hydrogen-bond donors (Lipinski definition) is 4. The fourth-order valence-corrected chi connectivity index (χ4v) is 3.96. The molecule has 0 spiro atoms. The van der Waals surface area contributed by atoms with Crippen molar-refractivity contribution in [2.24, 2.45) is 0 Å². The van der Waals surface area contributed by atoms with Gasteiger partial charge in [-0.2, -0.15) is 0 Å². The van der Waals surface area contributed by atoms with Crippen molar-refractivity contribution >= 4 is 7.37 Å². The largest absolute Gasteiger partial charge is 0.391 e. The van der Waals surface area contributed by atoms with E-state index in [0.717, 1.165) is 11.1 Å². The van der Waals surface area contributed by atoms with Gasteiger partial charge in [0.05, 0.1) is 12.3 Å². The van der Waals surface area contributed by atoms with Crippen LogP contribution in [0.4, 0.5) is 0 Å². The van der Waals surface area contributed by atoms with Crippen LogP contribution in [-0.2, 0) is 17.3 Å². The molecule has 1 unspecified atom stereocenters. The molecule has 7 heteroatoms. The van der Waals surface area contributed by atoms with E-state index in [2.05, 4.69) is 10.3 Å². The Balaban J connectivity index is 1.77. The Morgan fingerprint density at radius 2 is 1.87 bits per heavy atom. The van der Waals surface area contributed by atoms with Gasteiger partial charge < -0.3 is 20.3 Å². The van der Waals surface area contributed by atoms with Crippen LogP contribution >= 0.6 is 7.37 Å². The summed E-state index contributed by atoms with van der Waals surface area (Å²) in [7, 11) is -3.43. The van der Waals surface area contributed by atoms with Gasteiger partial charge in [0.25, 0.3) is 0 Å². The molecule has 0 aliphatic rings. The van der Waals surface area contributed by atoms with Crippen LogP contribution in [0.3, 0.4) is 0 Å². The average Bonchev–Trinajstić information content (AvgIpc) is 2.49. The first-order valence-electron chi connectivity index (χ1n) is 7.36. The van der Waals surface area contributed by atoms with Crippen LogP contribution in [0.5, 0.6) is 0 Å². The molecule has 2 aromatic rings. The summed E-state index contributed by atoms with van der Waals surface area (Å²) < 4.78 is 12.2. The van der Waals surface area contributed by atoms with E-state index in [0.29, 0.717) is 6.54 Å². The van der Waals surface area contributed by atoms with Crippen molar-refractivity contribution in [3.8, 4) is 0 Å². The minimum atomic E-state index is -3.43. The second-order valence-electron chi connectivity index (χ2n) is 5.52. The molecule has 2 atom stereocenters. The second-order valence-corrected chi connectivity index (χ2v) is 7.89. The van der Waals surface area contributed by atoms with E-state index in [1.54, 1.807) is 24.4 Å². The van der Waals surface area contributed by atoms with Crippen molar-refractivity contribution in [1.82, 2.24) is 10.3 Å². The van der Waals surface area contributed by atoms with E-state index in [1.165, 1.54) is 6.07 Å². The third-order valence-electron chi connectivity index (χ3n) is 3.33. The number of aliphatic hydroxyl groups is 1. The molecule has 0 aliphatic heterocycles. The third kappa shape index (κ3) is 6.50. The van der Waals surface area contributed by atoms with Gasteiger partial charge >= 0.3 is 0 Å². The quantitative estimate of drug-likeness (QED) is 0.544. The SMILES string of the molecule is O=c1ccc(CNC[C@@H](O)CP(=O)(O)Cc2ccccc2)c[nH]1. The number of H-pyrrole nitrogens is 1. The highest BCUT2D eigenvalue weighted by molar-refractivity contribution is 7.57. The molecule has 4 N–H and O–H groups in total. The average molecular weight is 336 g/mol. The summed E-state index contributed by atoms with van der Waals surface area (Å²) in [4.78, 5) is 23.5. The van der Waals surface area contributed by atoms with E-state index in [9.17, 15) is 19.4 Å². The summed E-state index contributed by atoms with van der Waals surface area (Å²) in [6.07, 6.45) is 0.594. The summed E-state index contributed by atoms with van der Waals surface area (Å²) in [5.41, 5.74) is 1.48. The topological polar surface area (TPSA) is 102 Å². The van der Waals surface area contributed by atoms with Gasteiger partial charge in [-0.05, 0) is 11.1 Å². The highest BCUT2D eigenvalue weighted by atomic mass is 31.2. The number of aromatic nitrogens is 1. The summed E-state index contributed by atoms with van der Waals surface area (Å²) in [5.74, 6) is 0. The lowest BCUT2D eigenvalue weighted by atomic mass is 10.2. The van der Waals surface area contributed by atoms with Crippen LogP contribution in [0.25, 0.3) is 0 Å². The normalized spacial score (nSPS) is 15.0. The molecule has 0 aliphatic carbocycles. The van der Waals surface area contributed by atoms with Crippen LogP contribution in [0.2, 0.25) is 0 Å². The number of pyridine rings is 1. The van der Waals surface area contributed by atoms with Gasteiger partial charge in [-0.15, -0.1) is 0 Å². The Morgan fingerprint density at radius 3 is 2.52 bits per heavy atom.